The Morgan fingerprint density at radius 3 is 2.56 bits per heavy atom. The summed E-state index contributed by atoms with van der Waals surface area (Å²) in [4.78, 5) is 24.7. The van der Waals surface area contributed by atoms with Gasteiger partial charge in [-0.2, -0.15) is 10.4 Å². The first-order chi connectivity index (χ1) is 23.2. The van der Waals surface area contributed by atoms with Crippen LogP contribution in [0.25, 0.3) is 0 Å². The summed E-state index contributed by atoms with van der Waals surface area (Å²) in [5.74, 6) is 0.807. The van der Waals surface area contributed by atoms with Crippen molar-refractivity contribution in [3.8, 4) is 29.1 Å². The van der Waals surface area contributed by atoms with Gasteiger partial charge in [0, 0.05) is 11.3 Å². The topological polar surface area (TPSA) is 173 Å². The predicted octanol–water partition coefficient (Wildman–Crippen LogP) is 4.71. The van der Waals surface area contributed by atoms with Gasteiger partial charge in [-0.15, -0.1) is 0 Å². The molecule has 13 nitrogen and oxygen atoms in total. The number of methoxy groups -OCH3 is 1. The lowest BCUT2D eigenvalue weighted by Crippen LogP contribution is -2.45. The van der Waals surface area contributed by atoms with Crippen LogP contribution in [0.1, 0.15) is 49.1 Å². The van der Waals surface area contributed by atoms with Gasteiger partial charge in [-0.1, -0.05) is 35.9 Å². The van der Waals surface area contributed by atoms with Gasteiger partial charge >= 0.3 is 12.0 Å². The van der Waals surface area contributed by atoms with E-state index < -0.39 is 24.3 Å². The van der Waals surface area contributed by atoms with E-state index in [-0.39, 0.29) is 23.8 Å². The summed E-state index contributed by atoms with van der Waals surface area (Å²) in [5, 5.41) is 29.6. The molecule has 14 heteroatoms. The van der Waals surface area contributed by atoms with Crippen molar-refractivity contribution in [1.29, 1.82) is 5.26 Å². The molecule has 48 heavy (non-hydrogen) atoms. The summed E-state index contributed by atoms with van der Waals surface area (Å²) in [7, 11) is 1.27. The first kappa shape index (κ1) is 35.4. The molecule has 4 N–H and O–H groups in total. The number of nitrogens with zero attached hydrogens (tertiary/aromatic N) is 2. The van der Waals surface area contributed by atoms with E-state index >= 15 is 0 Å². The van der Waals surface area contributed by atoms with Crippen molar-refractivity contribution in [3.05, 3.63) is 93.1 Å². The first-order valence-electron chi connectivity index (χ1n) is 15.0. The van der Waals surface area contributed by atoms with Gasteiger partial charge in [0.25, 0.3) is 0 Å². The number of amides is 2. The zero-order valence-corrected chi connectivity index (χ0v) is 27.6. The molecule has 1 aliphatic heterocycles. The van der Waals surface area contributed by atoms with Gasteiger partial charge < -0.3 is 39.4 Å². The highest BCUT2D eigenvalue weighted by Gasteiger charge is 2.32. The molecule has 0 radical (unpaired) electrons. The van der Waals surface area contributed by atoms with Crippen molar-refractivity contribution in [2.24, 2.45) is 5.10 Å². The van der Waals surface area contributed by atoms with Crippen LogP contribution in [0.4, 0.5) is 4.79 Å². The van der Waals surface area contributed by atoms with Crippen LogP contribution in [0, 0.1) is 11.3 Å². The van der Waals surface area contributed by atoms with E-state index in [4.69, 9.17) is 35.3 Å². The van der Waals surface area contributed by atoms with Crippen LogP contribution in [0.2, 0.25) is 5.02 Å². The van der Waals surface area contributed by atoms with Crippen LogP contribution in [-0.4, -0.2) is 56.5 Å². The van der Waals surface area contributed by atoms with Crippen molar-refractivity contribution in [2.45, 2.75) is 39.6 Å². The molecule has 3 aromatic rings. The molecule has 0 unspecified atom stereocenters. The minimum Gasteiger partial charge on any atom is -0.490 e. The fraction of sp³-hybridized carbons (Fsp3) is 0.294. The molecule has 4 rings (SSSR count). The van der Waals surface area contributed by atoms with Gasteiger partial charge in [0.15, 0.2) is 29.2 Å². The lowest BCUT2D eigenvalue weighted by atomic mass is 9.95. The molecule has 0 fully saturated rings. The predicted molar refractivity (Wildman–Crippen MR) is 177 cm³/mol. The summed E-state index contributed by atoms with van der Waals surface area (Å²) in [6.45, 7) is 5.84. The molecule has 2 amide bonds. The van der Waals surface area contributed by atoms with Crippen molar-refractivity contribution in [2.75, 3.05) is 26.9 Å². The van der Waals surface area contributed by atoms with Gasteiger partial charge in [0.05, 0.1) is 54.8 Å². The standard InChI is InChI=1S/C34H36ClN5O8/c1-5-45-27-15-22(31-30(33(42)44-4)20(3)38-34(43)39-31)11-12-26(27)47-19-29(41)40-37-17-21-13-25(35)32(28(14-21)46-6-2)48-18-24-10-8-7-9-23(24)16-36/h7-15,17,29,31,40-41H,5-6,18-19H2,1-4H3,(H2,38,39,43)/b37-17-/t29-,31+/m0/s1. The average molecular weight is 678 g/mol. The van der Waals surface area contributed by atoms with Crippen LogP contribution in [-0.2, 0) is 16.1 Å². The Morgan fingerprint density at radius 1 is 1.08 bits per heavy atom. The second-order valence-electron chi connectivity index (χ2n) is 10.2. The average Bonchev–Trinajstić information content (AvgIpc) is 3.07. The van der Waals surface area contributed by atoms with Crippen LogP contribution in [0.5, 0.6) is 23.0 Å². The smallest absolute Gasteiger partial charge is 0.337 e. The van der Waals surface area contributed by atoms with Crippen molar-refractivity contribution in [1.82, 2.24) is 16.1 Å². The van der Waals surface area contributed by atoms with Gasteiger partial charge in [0.2, 0.25) is 0 Å². The highest BCUT2D eigenvalue weighted by atomic mass is 35.5. The lowest BCUT2D eigenvalue weighted by Gasteiger charge is -2.28. The van der Waals surface area contributed by atoms with Gasteiger partial charge in [-0.3, -0.25) is 5.43 Å². The molecular weight excluding hydrogens is 642 g/mol. The number of halogens is 1. The fourth-order valence-electron chi connectivity index (χ4n) is 4.79. The third-order valence-electron chi connectivity index (χ3n) is 6.95. The molecule has 1 aliphatic rings. The summed E-state index contributed by atoms with van der Waals surface area (Å²) >= 11 is 6.53. The number of nitriles is 1. The number of rotatable bonds is 15. The molecule has 3 aromatic carbocycles. The van der Waals surface area contributed by atoms with Crippen molar-refractivity contribution < 1.29 is 38.4 Å². The second kappa shape index (κ2) is 16.9. The number of carbonyl (C=O) groups excluding carboxylic acids is 2. The number of carbonyl (C=O) groups is 2. The molecule has 0 saturated heterocycles. The number of hydrogen-bond acceptors (Lipinski definition) is 11. The molecule has 0 saturated carbocycles. The summed E-state index contributed by atoms with van der Waals surface area (Å²) in [6, 6.07) is 16.3. The normalized spacial score (nSPS) is 14.8. The number of allylic oxidation sites excluding steroid dienone is 1. The maximum Gasteiger partial charge on any atom is 0.337 e. The number of hydrazone groups is 1. The van der Waals surface area contributed by atoms with Crippen LogP contribution >= 0.6 is 11.6 Å². The number of nitrogens with one attached hydrogen (secondary N) is 3. The van der Waals surface area contributed by atoms with E-state index in [2.05, 4.69) is 27.2 Å². The van der Waals surface area contributed by atoms with Crippen molar-refractivity contribution >= 4 is 29.8 Å². The molecular formula is C34H36ClN5O8. The molecule has 252 valence electrons. The molecule has 0 aromatic heterocycles. The van der Waals surface area contributed by atoms with E-state index in [1.54, 1.807) is 62.4 Å². The minimum atomic E-state index is -1.21. The zero-order chi connectivity index (χ0) is 34.6. The Kier molecular flexibility index (Phi) is 12.5. The van der Waals surface area contributed by atoms with E-state index in [1.807, 2.05) is 13.0 Å². The lowest BCUT2D eigenvalue weighted by molar-refractivity contribution is -0.136. The monoisotopic (exact) mass is 677 g/mol. The highest BCUT2D eigenvalue weighted by molar-refractivity contribution is 6.32. The summed E-state index contributed by atoms with van der Waals surface area (Å²) < 4.78 is 28.2. The van der Waals surface area contributed by atoms with Gasteiger partial charge in [0.1, 0.15) is 13.2 Å². The molecule has 0 aliphatic carbocycles. The number of ether oxygens (including phenoxy) is 5. The van der Waals surface area contributed by atoms with Crippen LogP contribution < -0.4 is 35.0 Å². The van der Waals surface area contributed by atoms with Crippen LogP contribution in [0.15, 0.2) is 71.0 Å². The van der Waals surface area contributed by atoms with E-state index in [0.717, 1.165) is 0 Å². The second-order valence-corrected chi connectivity index (χ2v) is 10.6. The fourth-order valence-corrected chi connectivity index (χ4v) is 5.06. The SMILES string of the molecule is CCOc1cc([C@H]2NC(=O)NC(C)=C2C(=O)OC)ccc1OC[C@H](O)N/N=C\c1cc(Cl)c(OCc2ccccc2C#N)c(OCC)c1. The first-order valence-corrected chi connectivity index (χ1v) is 15.4. The molecule has 2 atom stereocenters. The van der Waals surface area contributed by atoms with Gasteiger partial charge in [-0.25, -0.2) is 9.59 Å². The largest absolute Gasteiger partial charge is 0.490 e. The Hall–Kier alpha value is -5.45. The Labute approximate surface area is 283 Å². The number of esters is 1. The highest BCUT2D eigenvalue weighted by Crippen LogP contribution is 2.37. The van der Waals surface area contributed by atoms with Crippen LogP contribution in [0.3, 0.4) is 0 Å². The maximum absolute atomic E-state index is 12.5. The number of urea groups is 1. The van der Waals surface area contributed by atoms with Gasteiger partial charge in [-0.05, 0) is 62.2 Å². The van der Waals surface area contributed by atoms with E-state index in [9.17, 15) is 20.0 Å². The summed E-state index contributed by atoms with van der Waals surface area (Å²) in [6.07, 6.45) is 0.245. The molecule has 1 heterocycles. The van der Waals surface area contributed by atoms with E-state index in [0.29, 0.717) is 64.2 Å². The zero-order valence-electron chi connectivity index (χ0n) is 26.8. The molecule has 0 spiro atoms. The quantitative estimate of drug-likeness (QED) is 0.0764. The number of benzene rings is 3. The third-order valence-corrected chi connectivity index (χ3v) is 7.23. The Balaban J connectivity index is 1.41. The summed E-state index contributed by atoms with van der Waals surface area (Å²) in [5.41, 5.74) is 5.58. The Morgan fingerprint density at radius 2 is 1.83 bits per heavy atom. The maximum atomic E-state index is 12.5. The number of hydrogen-bond donors (Lipinski definition) is 4. The van der Waals surface area contributed by atoms with E-state index in [1.165, 1.54) is 13.3 Å². The number of aliphatic hydroxyl groups excluding tert-OH is 1. The van der Waals surface area contributed by atoms with Crippen molar-refractivity contribution in [3.63, 3.8) is 0 Å². The minimum absolute atomic E-state index is 0.123. The third kappa shape index (κ3) is 8.87. The molecule has 0 bridgehead atoms. The Bertz CT molecular complexity index is 1740. The number of aliphatic hydroxyl groups is 1.